The van der Waals surface area contributed by atoms with Crippen LogP contribution in [0.2, 0.25) is 0 Å². The Bertz CT molecular complexity index is 1130. The minimum atomic E-state index is -4.45. The molecule has 3 aromatic rings. The van der Waals surface area contributed by atoms with Crippen LogP contribution in [0.15, 0.2) is 77.7 Å². The molecule has 0 radical (unpaired) electrons. The van der Waals surface area contributed by atoms with Crippen molar-refractivity contribution < 1.29 is 22.5 Å². The van der Waals surface area contributed by atoms with Gasteiger partial charge in [0.1, 0.15) is 10.6 Å². The quantitative estimate of drug-likeness (QED) is 0.460. The zero-order chi connectivity index (χ0) is 21.6. The number of anilines is 2. The van der Waals surface area contributed by atoms with E-state index in [0.29, 0.717) is 29.3 Å². The van der Waals surface area contributed by atoms with Crippen LogP contribution in [0, 0.1) is 0 Å². The first-order valence-corrected chi connectivity index (χ1v) is 10.8. The molecule has 30 heavy (non-hydrogen) atoms. The maximum absolute atomic E-state index is 12.3. The van der Waals surface area contributed by atoms with E-state index in [1.165, 1.54) is 12.1 Å². The predicted molar refractivity (Wildman–Crippen MR) is 117 cm³/mol. The van der Waals surface area contributed by atoms with E-state index in [0.717, 1.165) is 6.42 Å². The van der Waals surface area contributed by atoms with Gasteiger partial charge in [0, 0.05) is 16.9 Å². The number of carbonyl (C=O) groups excluding carboxylic acids is 1. The second kappa shape index (κ2) is 9.43. The van der Waals surface area contributed by atoms with E-state index in [4.69, 9.17) is 4.74 Å². The Labute approximate surface area is 175 Å². The first-order valence-electron chi connectivity index (χ1n) is 9.34. The molecule has 0 unspecified atom stereocenters. The second-order valence-corrected chi connectivity index (χ2v) is 7.90. The molecule has 0 aliphatic carbocycles. The number of hydrogen-bond acceptors (Lipinski definition) is 4. The fourth-order valence-electron chi connectivity index (χ4n) is 2.85. The molecule has 0 aliphatic rings. The summed E-state index contributed by atoms with van der Waals surface area (Å²) in [6.45, 7) is 2.44. The lowest BCUT2D eigenvalue weighted by molar-refractivity contribution is 0.262. The van der Waals surface area contributed by atoms with Gasteiger partial charge in [-0.3, -0.25) is 4.55 Å². The molecule has 0 spiro atoms. The lowest BCUT2D eigenvalue weighted by atomic mass is 10.0. The molecule has 156 valence electrons. The van der Waals surface area contributed by atoms with Crippen LogP contribution < -0.4 is 15.4 Å². The third kappa shape index (κ3) is 5.59. The summed E-state index contributed by atoms with van der Waals surface area (Å²) in [5.41, 5.74) is 1.88. The van der Waals surface area contributed by atoms with Crippen molar-refractivity contribution in [3.8, 4) is 16.9 Å². The third-order valence-corrected chi connectivity index (χ3v) is 5.08. The van der Waals surface area contributed by atoms with E-state index in [9.17, 15) is 17.8 Å². The summed E-state index contributed by atoms with van der Waals surface area (Å²) in [6.07, 6.45) is 0.797. The molecular formula is C22H22N2O5S. The number of urea groups is 1. The zero-order valence-electron chi connectivity index (χ0n) is 16.3. The van der Waals surface area contributed by atoms with Crippen LogP contribution in [0.4, 0.5) is 16.2 Å². The molecule has 0 saturated heterocycles. The van der Waals surface area contributed by atoms with Crippen molar-refractivity contribution >= 4 is 27.5 Å². The second-order valence-electron chi connectivity index (χ2n) is 6.51. The zero-order valence-corrected chi connectivity index (χ0v) is 17.1. The van der Waals surface area contributed by atoms with Crippen molar-refractivity contribution in [3.63, 3.8) is 0 Å². The van der Waals surface area contributed by atoms with Crippen molar-refractivity contribution in [2.24, 2.45) is 0 Å². The van der Waals surface area contributed by atoms with Crippen molar-refractivity contribution in [1.29, 1.82) is 0 Å². The van der Waals surface area contributed by atoms with Crippen molar-refractivity contribution in [3.05, 3.63) is 72.8 Å². The summed E-state index contributed by atoms with van der Waals surface area (Å²) in [4.78, 5) is 12.0. The van der Waals surface area contributed by atoms with Crippen molar-refractivity contribution in [1.82, 2.24) is 0 Å². The highest BCUT2D eigenvalue weighted by molar-refractivity contribution is 7.86. The number of hydrogen-bond donors (Lipinski definition) is 3. The molecule has 0 aromatic heterocycles. The maximum atomic E-state index is 12.3. The van der Waals surface area contributed by atoms with Crippen LogP contribution in [-0.4, -0.2) is 25.6 Å². The van der Waals surface area contributed by atoms with E-state index in [1.54, 1.807) is 54.6 Å². The van der Waals surface area contributed by atoms with Crippen molar-refractivity contribution in [2.45, 2.75) is 18.2 Å². The van der Waals surface area contributed by atoms with E-state index >= 15 is 0 Å². The fourth-order valence-corrected chi connectivity index (χ4v) is 3.54. The molecule has 0 bridgehead atoms. The topological polar surface area (TPSA) is 105 Å². The minimum Gasteiger partial charge on any atom is -0.494 e. The first-order chi connectivity index (χ1) is 14.4. The molecule has 3 rings (SSSR count). The summed E-state index contributed by atoms with van der Waals surface area (Å²) < 4.78 is 38.9. The van der Waals surface area contributed by atoms with Gasteiger partial charge in [0.2, 0.25) is 0 Å². The number of para-hydroxylation sites is 1. The summed E-state index contributed by atoms with van der Waals surface area (Å²) in [5, 5.41) is 5.43. The van der Waals surface area contributed by atoms with E-state index < -0.39 is 16.1 Å². The predicted octanol–water partition coefficient (Wildman–Crippen LogP) is 5.03. The van der Waals surface area contributed by atoms with E-state index in [-0.39, 0.29) is 10.5 Å². The van der Waals surface area contributed by atoms with Gasteiger partial charge in [-0.15, -0.1) is 0 Å². The molecule has 3 aromatic carbocycles. The monoisotopic (exact) mass is 426 g/mol. The lowest BCUT2D eigenvalue weighted by Crippen LogP contribution is -2.19. The van der Waals surface area contributed by atoms with Crippen LogP contribution in [-0.2, 0) is 10.1 Å². The van der Waals surface area contributed by atoms with Crippen LogP contribution >= 0.6 is 0 Å². The summed E-state index contributed by atoms with van der Waals surface area (Å²) in [6, 6.07) is 19.6. The molecule has 0 saturated carbocycles. The molecule has 0 fully saturated rings. The Hall–Kier alpha value is -3.36. The van der Waals surface area contributed by atoms with Gasteiger partial charge >= 0.3 is 6.03 Å². The Kier molecular flexibility index (Phi) is 6.71. The van der Waals surface area contributed by atoms with Gasteiger partial charge in [0.05, 0.1) is 6.61 Å². The third-order valence-electron chi connectivity index (χ3n) is 4.16. The number of benzene rings is 3. The smallest absolute Gasteiger partial charge is 0.323 e. The average Bonchev–Trinajstić information content (AvgIpc) is 2.72. The van der Waals surface area contributed by atoms with Gasteiger partial charge in [-0.1, -0.05) is 37.3 Å². The number of rotatable bonds is 7. The number of ether oxygens (including phenoxy) is 1. The van der Waals surface area contributed by atoms with Crippen LogP contribution in [0.25, 0.3) is 11.1 Å². The first kappa shape index (κ1) is 21.4. The van der Waals surface area contributed by atoms with Crippen LogP contribution in [0.5, 0.6) is 5.75 Å². The standard InChI is InChI=1S/C22H22N2O5S/c1-2-13-29-19-11-12-21(30(26,27)28)20(15-19)16-7-6-10-18(14-16)24-22(25)23-17-8-4-3-5-9-17/h3-12,14-15H,2,13H2,1H3,(H2,23,24,25)(H,26,27,28). The van der Waals surface area contributed by atoms with E-state index in [2.05, 4.69) is 10.6 Å². The normalized spacial score (nSPS) is 11.0. The highest BCUT2D eigenvalue weighted by Crippen LogP contribution is 2.32. The molecule has 0 aliphatic heterocycles. The molecule has 8 heteroatoms. The minimum absolute atomic E-state index is 0.239. The Morgan fingerprint density at radius 1 is 0.933 bits per heavy atom. The van der Waals surface area contributed by atoms with Crippen LogP contribution in [0.3, 0.4) is 0 Å². The molecule has 0 atom stereocenters. The average molecular weight is 426 g/mol. The number of nitrogens with one attached hydrogen (secondary N) is 2. The van der Waals surface area contributed by atoms with Crippen molar-refractivity contribution in [2.75, 3.05) is 17.2 Å². The highest BCUT2D eigenvalue weighted by Gasteiger charge is 2.18. The Morgan fingerprint density at radius 3 is 2.33 bits per heavy atom. The fraction of sp³-hybridized carbons (Fsp3) is 0.136. The summed E-state index contributed by atoms with van der Waals surface area (Å²) in [7, 11) is -4.45. The lowest BCUT2D eigenvalue weighted by Gasteiger charge is -2.13. The Balaban J connectivity index is 1.89. The highest BCUT2D eigenvalue weighted by atomic mass is 32.2. The molecule has 2 amide bonds. The molecule has 3 N–H and O–H groups in total. The van der Waals surface area contributed by atoms with Gasteiger partial charge in [0.25, 0.3) is 10.1 Å². The van der Waals surface area contributed by atoms with Gasteiger partial charge in [-0.25, -0.2) is 4.79 Å². The number of amides is 2. The molecular weight excluding hydrogens is 404 g/mol. The number of carbonyl (C=O) groups is 1. The summed E-state index contributed by atoms with van der Waals surface area (Å²) in [5.74, 6) is 0.486. The largest absolute Gasteiger partial charge is 0.494 e. The van der Waals surface area contributed by atoms with Gasteiger partial charge in [0.15, 0.2) is 0 Å². The SMILES string of the molecule is CCCOc1ccc(S(=O)(=O)O)c(-c2cccc(NC(=O)Nc3ccccc3)c2)c1. The van der Waals surface area contributed by atoms with E-state index in [1.807, 2.05) is 13.0 Å². The Morgan fingerprint density at radius 2 is 1.63 bits per heavy atom. The summed E-state index contributed by atoms with van der Waals surface area (Å²) >= 11 is 0. The van der Waals surface area contributed by atoms with Gasteiger partial charge < -0.3 is 15.4 Å². The molecule has 7 nitrogen and oxygen atoms in total. The molecule has 0 heterocycles. The maximum Gasteiger partial charge on any atom is 0.323 e. The van der Waals surface area contributed by atoms with Gasteiger partial charge in [-0.2, -0.15) is 8.42 Å². The van der Waals surface area contributed by atoms with Crippen LogP contribution in [0.1, 0.15) is 13.3 Å². The van der Waals surface area contributed by atoms with Gasteiger partial charge in [-0.05, 0) is 54.4 Å².